The fourth-order valence-corrected chi connectivity index (χ4v) is 3.73. The van der Waals surface area contributed by atoms with Crippen LogP contribution in [0, 0.1) is 10.1 Å². The maximum atomic E-state index is 13.3. The molecule has 0 aliphatic carbocycles. The molecule has 0 unspecified atom stereocenters. The molecule has 0 radical (unpaired) electrons. The van der Waals surface area contributed by atoms with E-state index >= 15 is 0 Å². The van der Waals surface area contributed by atoms with Crippen LogP contribution in [0.1, 0.15) is 53.7 Å². The molecule has 0 bridgehead atoms. The SMILES string of the molecule is CC(C)(C)OC(=O)N(Cc1ccc(C(=O)O)cc1[N+](=O)[O-])CC(c1ccccc1)c1ccccc1. The molecule has 1 N–H and O–H groups in total. The van der Waals surface area contributed by atoms with Gasteiger partial charge < -0.3 is 14.7 Å². The first-order chi connectivity index (χ1) is 16.5. The zero-order valence-corrected chi connectivity index (χ0v) is 19.9. The highest BCUT2D eigenvalue weighted by molar-refractivity contribution is 5.88. The predicted molar refractivity (Wildman–Crippen MR) is 131 cm³/mol. The summed E-state index contributed by atoms with van der Waals surface area (Å²) < 4.78 is 5.63. The minimum atomic E-state index is -1.27. The number of rotatable bonds is 8. The molecule has 3 aromatic rings. The van der Waals surface area contributed by atoms with E-state index in [1.165, 1.54) is 17.0 Å². The quantitative estimate of drug-likeness (QED) is 0.322. The van der Waals surface area contributed by atoms with E-state index in [1.807, 2.05) is 60.7 Å². The molecule has 35 heavy (non-hydrogen) atoms. The van der Waals surface area contributed by atoms with Gasteiger partial charge in [-0.25, -0.2) is 9.59 Å². The zero-order chi connectivity index (χ0) is 25.6. The minimum Gasteiger partial charge on any atom is -0.478 e. The van der Waals surface area contributed by atoms with E-state index in [9.17, 15) is 24.8 Å². The first kappa shape index (κ1) is 25.4. The van der Waals surface area contributed by atoms with Crippen LogP contribution in [0.15, 0.2) is 78.9 Å². The van der Waals surface area contributed by atoms with Crippen molar-refractivity contribution in [2.75, 3.05) is 6.54 Å². The average molecular weight is 477 g/mol. The van der Waals surface area contributed by atoms with Crippen LogP contribution in [-0.2, 0) is 11.3 Å². The van der Waals surface area contributed by atoms with E-state index in [4.69, 9.17) is 4.74 Å². The number of carboxylic acid groups (broad SMARTS) is 1. The fourth-order valence-electron chi connectivity index (χ4n) is 3.73. The van der Waals surface area contributed by atoms with Crippen molar-refractivity contribution in [3.05, 3.63) is 111 Å². The number of amides is 1. The summed E-state index contributed by atoms with van der Waals surface area (Å²) in [6.07, 6.45) is -0.619. The predicted octanol–water partition coefficient (Wildman–Crippen LogP) is 5.86. The molecule has 0 saturated carbocycles. The Morgan fingerprint density at radius 2 is 1.51 bits per heavy atom. The fraction of sp³-hybridized carbons (Fsp3) is 0.259. The molecular weight excluding hydrogens is 448 g/mol. The lowest BCUT2D eigenvalue weighted by Gasteiger charge is -2.31. The number of benzene rings is 3. The Balaban J connectivity index is 2.04. The van der Waals surface area contributed by atoms with Crippen molar-refractivity contribution in [1.29, 1.82) is 0 Å². The number of carbonyl (C=O) groups is 2. The Hall–Kier alpha value is -4.20. The van der Waals surface area contributed by atoms with E-state index in [-0.39, 0.29) is 35.8 Å². The highest BCUT2D eigenvalue weighted by Crippen LogP contribution is 2.29. The van der Waals surface area contributed by atoms with Gasteiger partial charge in [-0.15, -0.1) is 0 Å². The molecule has 0 atom stereocenters. The summed E-state index contributed by atoms with van der Waals surface area (Å²) in [6, 6.07) is 23.0. The van der Waals surface area contributed by atoms with Gasteiger partial charge in [-0.1, -0.05) is 60.7 Å². The molecular formula is C27H28N2O6. The number of carbonyl (C=O) groups excluding carboxylic acids is 1. The lowest BCUT2D eigenvalue weighted by Crippen LogP contribution is -2.39. The Morgan fingerprint density at radius 3 is 1.97 bits per heavy atom. The van der Waals surface area contributed by atoms with E-state index in [2.05, 4.69) is 0 Å². The zero-order valence-electron chi connectivity index (χ0n) is 19.9. The van der Waals surface area contributed by atoms with Crippen LogP contribution >= 0.6 is 0 Å². The summed E-state index contributed by atoms with van der Waals surface area (Å²) in [5.74, 6) is -1.49. The van der Waals surface area contributed by atoms with Crippen molar-refractivity contribution >= 4 is 17.7 Å². The van der Waals surface area contributed by atoms with E-state index < -0.39 is 22.6 Å². The summed E-state index contributed by atoms with van der Waals surface area (Å²) in [6.45, 7) is 5.32. The van der Waals surface area contributed by atoms with Crippen LogP contribution in [0.2, 0.25) is 0 Å². The molecule has 0 aliphatic rings. The highest BCUT2D eigenvalue weighted by Gasteiger charge is 2.29. The molecule has 0 saturated heterocycles. The normalized spacial score (nSPS) is 11.2. The molecule has 1 amide bonds. The van der Waals surface area contributed by atoms with Crippen LogP contribution in [0.3, 0.4) is 0 Å². The van der Waals surface area contributed by atoms with Gasteiger partial charge in [-0.2, -0.15) is 0 Å². The van der Waals surface area contributed by atoms with Gasteiger partial charge in [0, 0.05) is 24.1 Å². The third-order valence-electron chi connectivity index (χ3n) is 5.35. The molecule has 0 fully saturated rings. The van der Waals surface area contributed by atoms with Gasteiger partial charge in [0.1, 0.15) is 5.60 Å². The maximum Gasteiger partial charge on any atom is 0.410 e. The summed E-state index contributed by atoms with van der Waals surface area (Å²) in [5.41, 5.74) is 0.825. The molecule has 0 aromatic heterocycles. The van der Waals surface area contributed by atoms with Gasteiger partial charge in [0.2, 0.25) is 0 Å². The Bertz CT molecular complexity index is 1150. The summed E-state index contributed by atoms with van der Waals surface area (Å²) >= 11 is 0. The standard InChI is InChI=1S/C27H28N2O6/c1-27(2,3)35-26(32)28(17-22-15-14-21(25(30)31)16-24(22)29(33)34)18-23(19-10-6-4-7-11-19)20-12-8-5-9-13-20/h4-16,23H,17-18H2,1-3H3,(H,30,31). The third kappa shape index (κ3) is 6.89. The van der Waals surface area contributed by atoms with Crippen molar-refractivity contribution in [3.63, 3.8) is 0 Å². The molecule has 8 heteroatoms. The van der Waals surface area contributed by atoms with Crippen LogP contribution in [-0.4, -0.2) is 39.1 Å². The lowest BCUT2D eigenvalue weighted by atomic mass is 9.90. The Labute approximate surface area is 203 Å². The van der Waals surface area contributed by atoms with Gasteiger partial charge in [0.25, 0.3) is 5.69 Å². The number of aromatic carboxylic acids is 1. The second-order valence-corrected chi connectivity index (χ2v) is 9.14. The molecule has 3 aromatic carbocycles. The number of nitro benzene ring substituents is 1. The van der Waals surface area contributed by atoms with E-state index in [1.54, 1.807) is 20.8 Å². The van der Waals surface area contributed by atoms with Gasteiger partial charge in [0.15, 0.2) is 0 Å². The summed E-state index contributed by atoms with van der Waals surface area (Å²) in [7, 11) is 0. The van der Waals surface area contributed by atoms with Gasteiger partial charge in [-0.05, 0) is 44.0 Å². The summed E-state index contributed by atoms with van der Waals surface area (Å²) in [5, 5.41) is 21.0. The first-order valence-electron chi connectivity index (χ1n) is 11.1. The molecule has 182 valence electrons. The largest absolute Gasteiger partial charge is 0.478 e. The summed E-state index contributed by atoms with van der Waals surface area (Å²) in [4.78, 5) is 37.1. The van der Waals surface area contributed by atoms with Crippen molar-refractivity contribution < 1.29 is 24.4 Å². The minimum absolute atomic E-state index is 0.124. The molecule has 0 aliphatic heterocycles. The van der Waals surface area contributed by atoms with Crippen molar-refractivity contribution in [1.82, 2.24) is 4.90 Å². The number of nitro groups is 1. The van der Waals surface area contributed by atoms with Crippen LogP contribution in [0.25, 0.3) is 0 Å². The number of nitrogens with zero attached hydrogens (tertiary/aromatic N) is 2. The van der Waals surface area contributed by atoms with Gasteiger partial charge in [0.05, 0.1) is 17.0 Å². The monoisotopic (exact) mass is 476 g/mol. The number of ether oxygens (including phenoxy) is 1. The molecule has 0 spiro atoms. The molecule has 3 rings (SSSR count). The Morgan fingerprint density at radius 1 is 0.971 bits per heavy atom. The second-order valence-electron chi connectivity index (χ2n) is 9.14. The topological polar surface area (TPSA) is 110 Å². The smallest absolute Gasteiger partial charge is 0.410 e. The second kappa shape index (κ2) is 10.8. The lowest BCUT2D eigenvalue weighted by molar-refractivity contribution is -0.385. The molecule has 0 heterocycles. The van der Waals surface area contributed by atoms with E-state index in [0.717, 1.165) is 17.2 Å². The van der Waals surface area contributed by atoms with Crippen LogP contribution < -0.4 is 0 Å². The maximum absolute atomic E-state index is 13.3. The Kier molecular flexibility index (Phi) is 7.86. The number of hydrogen-bond donors (Lipinski definition) is 1. The first-order valence-corrected chi connectivity index (χ1v) is 11.1. The van der Waals surface area contributed by atoms with Gasteiger partial charge in [-0.3, -0.25) is 10.1 Å². The highest BCUT2D eigenvalue weighted by atomic mass is 16.6. The van der Waals surface area contributed by atoms with Crippen molar-refractivity contribution in [2.45, 2.75) is 38.8 Å². The van der Waals surface area contributed by atoms with Crippen LogP contribution in [0.5, 0.6) is 0 Å². The van der Waals surface area contributed by atoms with Crippen molar-refractivity contribution in [2.24, 2.45) is 0 Å². The van der Waals surface area contributed by atoms with Crippen molar-refractivity contribution in [3.8, 4) is 0 Å². The number of carboxylic acids is 1. The third-order valence-corrected chi connectivity index (χ3v) is 5.35. The average Bonchev–Trinajstić information content (AvgIpc) is 2.81. The van der Waals surface area contributed by atoms with Crippen LogP contribution in [0.4, 0.5) is 10.5 Å². The molecule has 8 nitrogen and oxygen atoms in total. The number of hydrogen-bond acceptors (Lipinski definition) is 5. The van der Waals surface area contributed by atoms with E-state index in [0.29, 0.717) is 0 Å². The van der Waals surface area contributed by atoms with Gasteiger partial charge >= 0.3 is 12.1 Å².